The second-order valence-corrected chi connectivity index (χ2v) is 3.91. The first-order chi connectivity index (χ1) is 7.36. The molecule has 4 heteroatoms. The number of aliphatic hydroxyl groups excluding tert-OH is 1. The largest absolute Gasteiger partial charge is 0.385 e. The lowest BCUT2D eigenvalue weighted by Crippen LogP contribution is -2.18. The van der Waals surface area contributed by atoms with Gasteiger partial charge in [-0.1, -0.05) is 0 Å². The Morgan fingerprint density at radius 1 is 1.33 bits per heavy atom. The molecule has 0 saturated carbocycles. The zero-order valence-electron chi connectivity index (χ0n) is 8.67. The molecule has 1 aromatic rings. The van der Waals surface area contributed by atoms with Crippen LogP contribution in [-0.4, -0.2) is 28.3 Å². The summed E-state index contributed by atoms with van der Waals surface area (Å²) < 4.78 is 5.27. The van der Waals surface area contributed by atoms with Crippen LogP contribution in [0.15, 0.2) is 18.5 Å². The molecule has 0 bridgehead atoms. The van der Waals surface area contributed by atoms with E-state index in [0.717, 1.165) is 32.5 Å². The second-order valence-electron chi connectivity index (χ2n) is 3.91. The summed E-state index contributed by atoms with van der Waals surface area (Å²) in [4.78, 5) is 8.10. The van der Waals surface area contributed by atoms with Gasteiger partial charge in [-0.3, -0.25) is 0 Å². The van der Waals surface area contributed by atoms with Gasteiger partial charge in [-0.2, -0.15) is 0 Å². The molecule has 1 aromatic heterocycles. The molecule has 1 N–H and O–H groups in total. The molecule has 1 fully saturated rings. The lowest BCUT2D eigenvalue weighted by atomic mass is 9.93. The molecular weight excluding hydrogens is 192 g/mol. The van der Waals surface area contributed by atoms with Crippen LogP contribution in [0.25, 0.3) is 0 Å². The van der Waals surface area contributed by atoms with E-state index in [2.05, 4.69) is 9.97 Å². The highest BCUT2D eigenvalue weighted by atomic mass is 16.5. The van der Waals surface area contributed by atoms with E-state index in [0.29, 0.717) is 11.7 Å². The minimum Gasteiger partial charge on any atom is -0.385 e. The van der Waals surface area contributed by atoms with Crippen LogP contribution in [0.3, 0.4) is 0 Å². The Morgan fingerprint density at radius 2 is 2.00 bits per heavy atom. The summed E-state index contributed by atoms with van der Waals surface area (Å²) in [5, 5.41) is 9.91. The molecule has 0 radical (unpaired) electrons. The van der Waals surface area contributed by atoms with E-state index in [9.17, 15) is 5.11 Å². The molecule has 1 atom stereocenters. The Labute approximate surface area is 89.3 Å². The smallest absolute Gasteiger partial charge is 0.156 e. The summed E-state index contributed by atoms with van der Waals surface area (Å²) in [6.45, 7) is 1.63. The van der Waals surface area contributed by atoms with Crippen LogP contribution in [0.1, 0.15) is 31.2 Å². The van der Waals surface area contributed by atoms with Gasteiger partial charge in [0.25, 0.3) is 0 Å². The molecule has 4 nitrogen and oxygen atoms in total. The van der Waals surface area contributed by atoms with E-state index >= 15 is 0 Å². The van der Waals surface area contributed by atoms with Crippen LogP contribution in [0.4, 0.5) is 0 Å². The summed E-state index contributed by atoms with van der Waals surface area (Å²) in [6.07, 6.45) is 5.60. The third-order valence-electron chi connectivity index (χ3n) is 2.78. The lowest BCUT2D eigenvalue weighted by molar-refractivity contribution is 0.0417. The summed E-state index contributed by atoms with van der Waals surface area (Å²) in [5.41, 5.74) is 0. The minimum atomic E-state index is -0.533. The monoisotopic (exact) mass is 208 g/mol. The Morgan fingerprint density at radius 3 is 2.67 bits per heavy atom. The molecule has 82 valence electrons. The van der Waals surface area contributed by atoms with Gasteiger partial charge in [-0.25, -0.2) is 9.97 Å². The zero-order chi connectivity index (χ0) is 10.5. The van der Waals surface area contributed by atoms with Gasteiger partial charge in [0.2, 0.25) is 0 Å². The Kier molecular flexibility index (Phi) is 3.64. The molecule has 0 aromatic carbocycles. The van der Waals surface area contributed by atoms with E-state index in [1.807, 2.05) is 0 Å². The van der Waals surface area contributed by atoms with Gasteiger partial charge in [-0.15, -0.1) is 0 Å². The summed E-state index contributed by atoms with van der Waals surface area (Å²) in [7, 11) is 0. The molecule has 1 saturated heterocycles. The van der Waals surface area contributed by atoms with Crippen LogP contribution >= 0.6 is 0 Å². The van der Waals surface area contributed by atoms with E-state index in [4.69, 9.17) is 4.74 Å². The van der Waals surface area contributed by atoms with Crippen molar-refractivity contribution in [3.05, 3.63) is 24.3 Å². The van der Waals surface area contributed by atoms with Gasteiger partial charge in [-0.05, 0) is 31.2 Å². The number of hydrogen-bond acceptors (Lipinski definition) is 4. The molecule has 1 unspecified atom stereocenters. The molecule has 1 aliphatic heterocycles. The fourth-order valence-corrected chi connectivity index (χ4v) is 1.89. The van der Waals surface area contributed by atoms with Crippen molar-refractivity contribution in [2.75, 3.05) is 13.2 Å². The maximum Gasteiger partial charge on any atom is 0.156 e. The molecule has 1 aliphatic rings. The number of nitrogens with zero attached hydrogens (tertiary/aromatic N) is 2. The van der Waals surface area contributed by atoms with Gasteiger partial charge in [0.05, 0.1) is 0 Å². The van der Waals surface area contributed by atoms with E-state index in [1.165, 1.54) is 0 Å². The van der Waals surface area contributed by atoms with E-state index < -0.39 is 6.10 Å². The Bertz CT molecular complexity index is 286. The quantitative estimate of drug-likeness (QED) is 0.814. The van der Waals surface area contributed by atoms with Crippen molar-refractivity contribution in [3.63, 3.8) is 0 Å². The lowest BCUT2D eigenvalue weighted by Gasteiger charge is -2.23. The Hall–Kier alpha value is -1.00. The first-order valence-corrected chi connectivity index (χ1v) is 5.39. The average Bonchev–Trinajstić information content (AvgIpc) is 2.31. The van der Waals surface area contributed by atoms with Crippen LogP contribution in [-0.2, 0) is 4.74 Å². The third-order valence-corrected chi connectivity index (χ3v) is 2.78. The van der Waals surface area contributed by atoms with Crippen molar-refractivity contribution in [3.8, 4) is 0 Å². The first kappa shape index (κ1) is 10.5. The average molecular weight is 208 g/mol. The number of aliphatic hydroxyl groups is 1. The topological polar surface area (TPSA) is 55.2 Å². The van der Waals surface area contributed by atoms with Crippen molar-refractivity contribution < 1.29 is 9.84 Å². The molecule has 2 rings (SSSR count). The molecule has 0 amide bonds. The standard InChI is InChI=1S/C11H16N2O2/c14-10(11-12-4-1-5-13-11)8-9-2-6-15-7-3-9/h1,4-5,9-10,14H,2-3,6-8H2. The predicted molar refractivity (Wildman–Crippen MR) is 55.2 cm³/mol. The molecule has 0 spiro atoms. The number of aromatic nitrogens is 2. The highest BCUT2D eigenvalue weighted by Gasteiger charge is 2.20. The van der Waals surface area contributed by atoms with Crippen LogP contribution in [0.2, 0.25) is 0 Å². The van der Waals surface area contributed by atoms with Crippen molar-refractivity contribution in [1.82, 2.24) is 9.97 Å². The normalized spacial score (nSPS) is 20.1. The summed E-state index contributed by atoms with van der Waals surface area (Å²) in [5.74, 6) is 1.07. The molecule has 2 heterocycles. The fourth-order valence-electron chi connectivity index (χ4n) is 1.89. The highest BCUT2D eigenvalue weighted by molar-refractivity contribution is 4.93. The molecule has 15 heavy (non-hydrogen) atoms. The maximum atomic E-state index is 9.91. The zero-order valence-corrected chi connectivity index (χ0v) is 8.67. The second kappa shape index (κ2) is 5.19. The van der Waals surface area contributed by atoms with E-state index in [1.54, 1.807) is 18.5 Å². The van der Waals surface area contributed by atoms with E-state index in [-0.39, 0.29) is 0 Å². The van der Waals surface area contributed by atoms with Gasteiger partial charge in [0, 0.05) is 25.6 Å². The van der Waals surface area contributed by atoms with Crippen molar-refractivity contribution >= 4 is 0 Å². The van der Waals surface area contributed by atoms with Crippen LogP contribution in [0, 0.1) is 5.92 Å². The van der Waals surface area contributed by atoms with Gasteiger partial charge >= 0.3 is 0 Å². The SMILES string of the molecule is OC(CC1CCOCC1)c1ncccn1. The number of ether oxygens (including phenoxy) is 1. The third kappa shape index (κ3) is 2.97. The van der Waals surface area contributed by atoms with Crippen LogP contribution in [0.5, 0.6) is 0 Å². The van der Waals surface area contributed by atoms with Crippen molar-refractivity contribution in [1.29, 1.82) is 0 Å². The highest BCUT2D eigenvalue weighted by Crippen LogP contribution is 2.25. The van der Waals surface area contributed by atoms with Gasteiger partial charge < -0.3 is 9.84 Å². The predicted octanol–water partition coefficient (Wildman–Crippen LogP) is 1.33. The number of rotatable bonds is 3. The summed E-state index contributed by atoms with van der Waals surface area (Å²) in [6, 6.07) is 1.75. The van der Waals surface area contributed by atoms with Gasteiger partial charge in [0.15, 0.2) is 5.82 Å². The minimum absolute atomic E-state index is 0.531. The molecular formula is C11H16N2O2. The molecule has 0 aliphatic carbocycles. The fraction of sp³-hybridized carbons (Fsp3) is 0.636. The van der Waals surface area contributed by atoms with Crippen LogP contribution < -0.4 is 0 Å². The van der Waals surface area contributed by atoms with Gasteiger partial charge in [0.1, 0.15) is 6.10 Å². The van der Waals surface area contributed by atoms with Crippen molar-refractivity contribution in [2.45, 2.75) is 25.4 Å². The van der Waals surface area contributed by atoms with Crippen molar-refractivity contribution in [2.24, 2.45) is 5.92 Å². The Balaban J connectivity index is 1.88. The maximum absolute atomic E-state index is 9.91. The first-order valence-electron chi connectivity index (χ1n) is 5.39. The summed E-state index contributed by atoms with van der Waals surface area (Å²) >= 11 is 0. The number of hydrogen-bond donors (Lipinski definition) is 1.